The Morgan fingerprint density at radius 2 is 1.75 bits per heavy atom. The SMILES string of the molecule is CCNC(=NCC(C)C)NCCNS(=O)(=O)c1ccc(C)cc1.I. The number of aliphatic imine (C=N–C) groups is 1. The molecule has 8 heteroatoms. The van der Waals surface area contributed by atoms with Crippen LogP contribution in [0.4, 0.5) is 0 Å². The molecule has 0 aliphatic carbocycles. The average molecular weight is 468 g/mol. The molecule has 1 aromatic carbocycles. The molecule has 0 heterocycles. The zero-order chi connectivity index (χ0) is 17.3. The molecule has 0 saturated carbocycles. The molecule has 6 nitrogen and oxygen atoms in total. The molecule has 138 valence electrons. The van der Waals surface area contributed by atoms with Crippen LogP contribution in [-0.4, -0.2) is 40.6 Å². The van der Waals surface area contributed by atoms with Gasteiger partial charge in [0.1, 0.15) is 0 Å². The van der Waals surface area contributed by atoms with Crippen molar-refractivity contribution >= 4 is 40.0 Å². The summed E-state index contributed by atoms with van der Waals surface area (Å²) in [5.41, 5.74) is 1.03. The van der Waals surface area contributed by atoms with Gasteiger partial charge in [-0.05, 0) is 31.9 Å². The largest absolute Gasteiger partial charge is 0.357 e. The summed E-state index contributed by atoms with van der Waals surface area (Å²) in [6.45, 7) is 10.4. The Kier molecular flexibility index (Phi) is 11.2. The van der Waals surface area contributed by atoms with Crippen LogP contribution < -0.4 is 15.4 Å². The van der Waals surface area contributed by atoms with Gasteiger partial charge in [0.05, 0.1) is 4.90 Å². The van der Waals surface area contributed by atoms with E-state index in [-0.39, 0.29) is 28.9 Å². The molecule has 0 amide bonds. The van der Waals surface area contributed by atoms with E-state index in [1.54, 1.807) is 24.3 Å². The van der Waals surface area contributed by atoms with Crippen molar-refractivity contribution in [1.29, 1.82) is 0 Å². The van der Waals surface area contributed by atoms with Gasteiger partial charge in [0.2, 0.25) is 10.0 Å². The lowest BCUT2D eigenvalue weighted by atomic mass is 10.2. The Morgan fingerprint density at radius 1 is 1.12 bits per heavy atom. The van der Waals surface area contributed by atoms with Gasteiger partial charge in [0, 0.05) is 26.2 Å². The average Bonchev–Trinajstić information content (AvgIpc) is 2.49. The Morgan fingerprint density at radius 3 is 2.29 bits per heavy atom. The number of nitrogens with one attached hydrogen (secondary N) is 3. The summed E-state index contributed by atoms with van der Waals surface area (Å²) in [7, 11) is -3.46. The van der Waals surface area contributed by atoms with Crippen LogP contribution in [0.3, 0.4) is 0 Å². The maximum atomic E-state index is 12.1. The number of guanidine groups is 1. The van der Waals surface area contributed by atoms with Crippen LogP contribution in [0.2, 0.25) is 0 Å². The number of sulfonamides is 1. The van der Waals surface area contributed by atoms with Gasteiger partial charge in [-0.15, -0.1) is 24.0 Å². The van der Waals surface area contributed by atoms with Crippen LogP contribution in [-0.2, 0) is 10.0 Å². The quantitative estimate of drug-likeness (QED) is 0.236. The molecule has 0 atom stereocenters. The van der Waals surface area contributed by atoms with Crippen LogP contribution in [0.1, 0.15) is 26.3 Å². The molecule has 0 bridgehead atoms. The summed E-state index contributed by atoms with van der Waals surface area (Å²) in [6.07, 6.45) is 0. The van der Waals surface area contributed by atoms with Crippen molar-refractivity contribution in [2.24, 2.45) is 10.9 Å². The standard InChI is InChI=1S/C16H28N4O2S.HI/c1-5-17-16(19-12-13(2)3)18-10-11-20-23(21,22)15-8-6-14(4)7-9-15;/h6-9,13,20H,5,10-12H2,1-4H3,(H2,17,18,19);1H. The fourth-order valence-corrected chi connectivity index (χ4v) is 2.81. The molecule has 0 aliphatic heterocycles. The first kappa shape index (κ1) is 23.1. The predicted molar refractivity (Wildman–Crippen MR) is 111 cm³/mol. The number of hydrogen-bond donors (Lipinski definition) is 3. The number of nitrogens with zero attached hydrogens (tertiary/aromatic N) is 1. The van der Waals surface area contributed by atoms with Gasteiger partial charge in [-0.3, -0.25) is 4.99 Å². The zero-order valence-electron chi connectivity index (χ0n) is 14.8. The molecular weight excluding hydrogens is 439 g/mol. The van der Waals surface area contributed by atoms with Crippen LogP contribution >= 0.6 is 24.0 Å². The Bertz CT molecular complexity index is 601. The van der Waals surface area contributed by atoms with E-state index in [1.807, 2.05) is 13.8 Å². The first-order valence-corrected chi connectivity index (χ1v) is 9.42. The number of rotatable bonds is 8. The number of aryl methyl sites for hydroxylation is 1. The van der Waals surface area contributed by atoms with E-state index in [0.717, 1.165) is 18.7 Å². The van der Waals surface area contributed by atoms with Gasteiger partial charge in [0.15, 0.2) is 5.96 Å². The van der Waals surface area contributed by atoms with Gasteiger partial charge in [-0.1, -0.05) is 31.5 Å². The minimum atomic E-state index is -3.46. The van der Waals surface area contributed by atoms with Crippen LogP contribution in [0.25, 0.3) is 0 Å². The lowest BCUT2D eigenvalue weighted by Crippen LogP contribution is -2.41. The third-order valence-electron chi connectivity index (χ3n) is 3.00. The van der Waals surface area contributed by atoms with E-state index in [1.165, 1.54) is 0 Å². The van der Waals surface area contributed by atoms with Crippen molar-refractivity contribution in [3.63, 3.8) is 0 Å². The van der Waals surface area contributed by atoms with Crippen molar-refractivity contribution in [2.75, 3.05) is 26.2 Å². The molecule has 0 aliphatic rings. The highest BCUT2D eigenvalue weighted by Gasteiger charge is 2.12. The number of halogens is 1. The molecule has 0 fully saturated rings. The first-order chi connectivity index (χ1) is 10.8. The summed E-state index contributed by atoms with van der Waals surface area (Å²) in [4.78, 5) is 4.71. The predicted octanol–water partition coefficient (Wildman–Crippen LogP) is 2.10. The molecule has 3 N–H and O–H groups in total. The van der Waals surface area contributed by atoms with Gasteiger partial charge in [-0.2, -0.15) is 0 Å². The summed E-state index contributed by atoms with van der Waals surface area (Å²) < 4.78 is 26.9. The Hall–Kier alpha value is -0.870. The molecular formula is C16H29IN4O2S. The second kappa shape index (κ2) is 11.6. The molecule has 0 spiro atoms. The first-order valence-electron chi connectivity index (χ1n) is 7.93. The van der Waals surface area contributed by atoms with Crippen molar-refractivity contribution in [3.8, 4) is 0 Å². The minimum Gasteiger partial charge on any atom is -0.357 e. The molecule has 0 radical (unpaired) electrons. The molecule has 1 rings (SSSR count). The van der Waals surface area contributed by atoms with Crippen molar-refractivity contribution in [2.45, 2.75) is 32.6 Å². The van der Waals surface area contributed by atoms with Gasteiger partial charge in [0.25, 0.3) is 0 Å². The highest BCUT2D eigenvalue weighted by atomic mass is 127. The zero-order valence-corrected chi connectivity index (χ0v) is 17.9. The molecule has 0 saturated heterocycles. The topological polar surface area (TPSA) is 82.6 Å². The van der Waals surface area contributed by atoms with Crippen molar-refractivity contribution in [3.05, 3.63) is 29.8 Å². The minimum absolute atomic E-state index is 0. The molecule has 1 aromatic rings. The van der Waals surface area contributed by atoms with Crippen LogP contribution in [0.15, 0.2) is 34.2 Å². The Balaban J connectivity index is 0.00000529. The maximum Gasteiger partial charge on any atom is 0.240 e. The molecule has 0 unspecified atom stereocenters. The maximum absolute atomic E-state index is 12.1. The third kappa shape index (κ3) is 8.84. The van der Waals surface area contributed by atoms with Gasteiger partial charge < -0.3 is 10.6 Å². The number of hydrogen-bond acceptors (Lipinski definition) is 3. The lowest BCUT2D eigenvalue weighted by molar-refractivity contribution is 0.580. The van der Waals surface area contributed by atoms with E-state index in [4.69, 9.17) is 0 Å². The van der Waals surface area contributed by atoms with Gasteiger partial charge >= 0.3 is 0 Å². The van der Waals surface area contributed by atoms with E-state index in [0.29, 0.717) is 25.0 Å². The van der Waals surface area contributed by atoms with Gasteiger partial charge in [-0.25, -0.2) is 13.1 Å². The summed E-state index contributed by atoms with van der Waals surface area (Å²) in [5, 5.41) is 6.26. The molecule has 24 heavy (non-hydrogen) atoms. The van der Waals surface area contributed by atoms with Crippen LogP contribution in [0, 0.1) is 12.8 Å². The summed E-state index contributed by atoms with van der Waals surface area (Å²) >= 11 is 0. The normalized spacial score (nSPS) is 12.0. The second-order valence-electron chi connectivity index (χ2n) is 5.75. The van der Waals surface area contributed by atoms with E-state index in [9.17, 15) is 8.42 Å². The lowest BCUT2D eigenvalue weighted by Gasteiger charge is -2.12. The second-order valence-corrected chi connectivity index (χ2v) is 7.52. The fourth-order valence-electron chi connectivity index (χ4n) is 1.78. The Labute approximate surface area is 163 Å². The summed E-state index contributed by atoms with van der Waals surface area (Å²) in [5.74, 6) is 1.18. The van der Waals surface area contributed by atoms with E-state index >= 15 is 0 Å². The highest BCUT2D eigenvalue weighted by molar-refractivity contribution is 14.0. The number of benzene rings is 1. The monoisotopic (exact) mass is 468 g/mol. The van der Waals surface area contributed by atoms with E-state index in [2.05, 4.69) is 34.2 Å². The fraction of sp³-hybridized carbons (Fsp3) is 0.562. The summed E-state index contributed by atoms with van der Waals surface area (Å²) in [6, 6.07) is 6.79. The smallest absolute Gasteiger partial charge is 0.240 e. The third-order valence-corrected chi connectivity index (χ3v) is 4.48. The molecule has 0 aromatic heterocycles. The van der Waals surface area contributed by atoms with E-state index < -0.39 is 10.0 Å². The van der Waals surface area contributed by atoms with Crippen molar-refractivity contribution in [1.82, 2.24) is 15.4 Å². The van der Waals surface area contributed by atoms with Crippen molar-refractivity contribution < 1.29 is 8.42 Å². The highest BCUT2D eigenvalue weighted by Crippen LogP contribution is 2.09. The van der Waals surface area contributed by atoms with Crippen LogP contribution in [0.5, 0.6) is 0 Å².